The van der Waals surface area contributed by atoms with Crippen LogP contribution in [-0.4, -0.2) is 51.4 Å². The summed E-state index contributed by atoms with van der Waals surface area (Å²) in [4.78, 5) is 15.3. The number of hydrogen-bond donors (Lipinski definition) is 3. The van der Waals surface area contributed by atoms with Crippen LogP contribution in [-0.2, 0) is 16.0 Å². The zero-order valence-electron chi connectivity index (χ0n) is 14.4. The number of carboxylic acids is 1. The molecule has 3 N–H and O–H groups in total. The molecule has 1 aliphatic rings. The van der Waals surface area contributed by atoms with Gasteiger partial charge in [-0.1, -0.05) is 12.1 Å². The molecule has 2 heterocycles. The predicted octanol–water partition coefficient (Wildman–Crippen LogP) is 1.37. The molecule has 1 aliphatic heterocycles. The monoisotopic (exact) mass is 345 g/mol. The van der Waals surface area contributed by atoms with E-state index < -0.39 is 19.2 Å². The molecule has 0 amide bonds. The summed E-state index contributed by atoms with van der Waals surface area (Å²) in [5.74, 6) is -0.0454. The number of aliphatic carboxylic acids is 1. The molecule has 25 heavy (non-hydrogen) atoms. The fourth-order valence-electron chi connectivity index (χ4n) is 3.42. The highest BCUT2D eigenvalue weighted by Gasteiger charge is 2.35. The highest BCUT2D eigenvalue weighted by Crippen LogP contribution is 2.19. The van der Waals surface area contributed by atoms with Gasteiger partial charge in [-0.2, -0.15) is 0 Å². The fraction of sp³-hybridized carbons (Fsp3) is 0.529. The SMILES string of the molecule is Cc1nc2ccccc2n1CCCN[C@H]1CC[C@@H](CC(=O)O)OB1O. The van der Waals surface area contributed by atoms with Crippen LogP contribution in [0.5, 0.6) is 0 Å². The maximum absolute atomic E-state index is 10.7. The van der Waals surface area contributed by atoms with Crippen molar-refractivity contribution >= 4 is 24.1 Å². The molecule has 1 fully saturated rings. The Hall–Kier alpha value is -1.90. The minimum Gasteiger partial charge on any atom is -0.481 e. The van der Waals surface area contributed by atoms with Crippen LogP contribution in [0.15, 0.2) is 24.3 Å². The van der Waals surface area contributed by atoms with Gasteiger partial charge in [-0.25, -0.2) is 4.98 Å². The second-order valence-corrected chi connectivity index (χ2v) is 6.54. The van der Waals surface area contributed by atoms with Crippen molar-refractivity contribution in [3.8, 4) is 0 Å². The molecule has 1 aromatic heterocycles. The Bertz CT molecular complexity index is 736. The minimum atomic E-state index is -0.950. The molecule has 0 radical (unpaired) electrons. The minimum absolute atomic E-state index is 0.0588. The van der Waals surface area contributed by atoms with E-state index in [1.54, 1.807) is 0 Å². The number of rotatable bonds is 7. The summed E-state index contributed by atoms with van der Waals surface area (Å²) in [5.41, 5.74) is 2.14. The Morgan fingerprint density at radius 2 is 2.24 bits per heavy atom. The van der Waals surface area contributed by atoms with Gasteiger partial charge in [0.05, 0.1) is 23.6 Å². The molecule has 0 bridgehead atoms. The molecule has 2 atom stereocenters. The number of nitrogens with zero attached hydrogens (tertiary/aromatic N) is 2. The van der Waals surface area contributed by atoms with E-state index in [2.05, 4.69) is 20.9 Å². The van der Waals surface area contributed by atoms with Gasteiger partial charge in [0.25, 0.3) is 0 Å². The summed E-state index contributed by atoms with van der Waals surface area (Å²) in [7, 11) is -0.950. The second kappa shape index (κ2) is 7.99. The second-order valence-electron chi connectivity index (χ2n) is 6.54. The number of carbonyl (C=O) groups is 1. The molecule has 8 heteroatoms. The van der Waals surface area contributed by atoms with E-state index in [1.165, 1.54) is 0 Å². The molecule has 3 rings (SSSR count). The van der Waals surface area contributed by atoms with Crippen LogP contribution in [0.2, 0.25) is 0 Å². The molecule has 0 aliphatic carbocycles. The molecule has 2 aromatic rings. The standard InChI is InChI=1S/C17H24BN3O4/c1-12-20-14-5-2-3-6-15(14)21(12)10-4-9-19-16-8-7-13(11-17(22)23)25-18(16)24/h2-3,5-6,13,16,19,24H,4,7-11H2,1H3,(H,22,23)/t13-,16-/m0/s1. The van der Waals surface area contributed by atoms with Crippen LogP contribution in [0.25, 0.3) is 11.0 Å². The molecular formula is C17H24BN3O4. The summed E-state index contributed by atoms with van der Waals surface area (Å²) in [6.45, 7) is 3.61. The van der Waals surface area contributed by atoms with Gasteiger partial charge in [-0.3, -0.25) is 4.79 Å². The van der Waals surface area contributed by atoms with Gasteiger partial charge >= 0.3 is 13.1 Å². The van der Waals surface area contributed by atoms with Crippen molar-refractivity contribution in [3.63, 3.8) is 0 Å². The summed E-state index contributed by atoms with van der Waals surface area (Å²) < 4.78 is 7.59. The van der Waals surface area contributed by atoms with Gasteiger partial charge < -0.3 is 24.7 Å². The molecule has 0 unspecified atom stereocenters. The first-order valence-corrected chi connectivity index (χ1v) is 8.75. The zero-order valence-corrected chi connectivity index (χ0v) is 14.4. The molecule has 134 valence electrons. The van der Waals surface area contributed by atoms with Gasteiger partial charge in [0.1, 0.15) is 5.82 Å². The van der Waals surface area contributed by atoms with E-state index in [-0.39, 0.29) is 12.4 Å². The number of aryl methyl sites for hydroxylation is 2. The quantitative estimate of drug-likeness (QED) is 0.518. The van der Waals surface area contributed by atoms with Crippen LogP contribution >= 0.6 is 0 Å². The number of imidazole rings is 1. The smallest absolute Gasteiger partial charge is 0.472 e. The molecule has 0 spiro atoms. The Morgan fingerprint density at radius 1 is 1.44 bits per heavy atom. The summed E-state index contributed by atoms with van der Waals surface area (Å²) in [6.07, 6.45) is 1.81. The lowest BCUT2D eigenvalue weighted by atomic mass is 9.72. The summed E-state index contributed by atoms with van der Waals surface area (Å²) in [5, 5.41) is 22.1. The Balaban J connectivity index is 1.46. The normalized spacial score (nSPS) is 21.0. The van der Waals surface area contributed by atoms with Crippen LogP contribution in [0.1, 0.15) is 31.5 Å². The number of carboxylic acid groups (broad SMARTS) is 1. The van der Waals surface area contributed by atoms with Gasteiger partial charge in [0.15, 0.2) is 0 Å². The van der Waals surface area contributed by atoms with Crippen molar-refractivity contribution < 1.29 is 19.6 Å². The van der Waals surface area contributed by atoms with Crippen molar-refractivity contribution in [1.82, 2.24) is 14.9 Å². The van der Waals surface area contributed by atoms with Crippen molar-refractivity contribution in [2.75, 3.05) is 6.54 Å². The molecular weight excluding hydrogens is 321 g/mol. The van der Waals surface area contributed by atoms with Crippen molar-refractivity contribution in [2.45, 2.75) is 51.2 Å². The van der Waals surface area contributed by atoms with Crippen LogP contribution in [0, 0.1) is 6.92 Å². The average molecular weight is 345 g/mol. The van der Waals surface area contributed by atoms with Crippen LogP contribution < -0.4 is 5.32 Å². The number of hydrogen-bond acceptors (Lipinski definition) is 5. The number of nitrogens with one attached hydrogen (secondary N) is 1. The third-order valence-electron chi connectivity index (χ3n) is 4.69. The van der Waals surface area contributed by atoms with E-state index in [1.807, 2.05) is 25.1 Å². The highest BCUT2D eigenvalue weighted by atomic mass is 16.5. The third-order valence-corrected chi connectivity index (χ3v) is 4.69. The first-order chi connectivity index (χ1) is 12.0. The average Bonchev–Trinajstić information content (AvgIpc) is 2.88. The lowest BCUT2D eigenvalue weighted by Crippen LogP contribution is -2.51. The number of aromatic nitrogens is 2. The third kappa shape index (κ3) is 4.39. The van der Waals surface area contributed by atoms with Crippen molar-refractivity contribution in [2.24, 2.45) is 0 Å². The number of fused-ring (bicyclic) bond motifs is 1. The predicted molar refractivity (Wildman–Crippen MR) is 95.2 cm³/mol. The van der Waals surface area contributed by atoms with E-state index >= 15 is 0 Å². The number of para-hydroxylation sites is 2. The molecule has 0 saturated carbocycles. The van der Waals surface area contributed by atoms with E-state index in [4.69, 9.17) is 9.76 Å². The summed E-state index contributed by atoms with van der Waals surface area (Å²) >= 11 is 0. The van der Waals surface area contributed by atoms with Crippen molar-refractivity contribution in [1.29, 1.82) is 0 Å². The maximum Gasteiger partial charge on any atom is 0.472 e. The summed E-state index contributed by atoms with van der Waals surface area (Å²) in [6, 6.07) is 8.09. The van der Waals surface area contributed by atoms with Gasteiger partial charge in [-0.05, 0) is 44.9 Å². The lowest BCUT2D eigenvalue weighted by Gasteiger charge is -2.31. The molecule has 1 saturated heterocycles. The fourth-order valence-corrected chi connectivity index (χ4v) is 3.42. The Kier molecular flexibility index (Phi) is 5.72. The van der Waals surface area contributed by atoms with Gasteiger partial charge in [-0.15, -0.1) is 0 Å². The van der Waals surface area contributed by atoms with E-state index in [0.29, 0.717) is 12.8 Å². The first-order valence-electron chi connectivity index (χ1n) is 8.75. The van der Waals surface area contributed by atoms with Gasteiger partial charge in [0.2, 0.25) is 0 Å². The van der Waals surface area contributed by atoms with E-state index in [9.17, 15) is 9.82 Å². The Morgan fingerprint density at radius 3 is 3.00 bits per heavy atom. The zero-order chi connectivity index (χ0) is 17.8. The van der Waals surface area contributed by atoms with Crippen LogP contribution in [0.4, 0.5) is 0 Å². The lowest BCUT2D eigenvalue weighted by molar-refractivity contribution is -0.139. The van der Waals surface area contributed by atoms with Crippen LogP contribution in [0.3, 0.4) is 0 Å². The molecule has 7 nitrogen and oxygen atoms in total. The largest absolute Gasteiger partial charge is 0.481 e. The topological polar surface area (TPSA) is 96.6 Å². The Labute approximate surface area is 147 Å². The maximum atomic E-state index is 10.7. The molecule has 1 aromatic carbocycles. The highest BCUT2D eigenvalue weighted by molar-refractivity contribution is 6.45. The van der Waals surface area contributed by atoms with E-state index in [0.717, 1.165) is 36.4 Å². The number of benzene rings is 1. The van der Waals surface area contributed by atoms with Gasteiger partial charge in [0, 0.05) is 12.5 Å². The first kappa shape index (κ1) is 17.9. The van der Waals surface area contributed by atoms with Crippen molar-refractivity contribution in [3.05, 3.63) is 30.1 Å².